The van der Waals surface area contributed by atoms with Crippen LogP contribution in [0.4, 0.5) is 5.69 Å². The van der Waals surface area contributed by atoms with Gasteiger partial charge < -0.3 is 4.90 Å². The van der Waals surface area contributed by atoms with E-state index in [0.29, 0.717) is 5.56 Å². The highest BCUT2D eigenvalue weighted by molar-refractivity contribution is 5.84. The maximum absolute atomic E-state index is 9.41. The molecule has 0 bridgehead atoms. The van der Waals surface area contributed by atoms with Crippen LogP contribution in [0.25, 0.3) is 10.4 Å². The zero-order chi connectivity index (χ0) is 22.2. The Morgan fingerprint density at radius 1 is 0.933 bits per heavy atom. The molecule has 0 spiro atoms. The van der Waals surface area contributed by atoms with Crippen LogP contribution in [-0.2, 0) is 0 Å². The smallest absolute Gasteiger partial charge is 0.279 e. The molecular formula is C26H36N4. The molecular weight excluding hydrogens is 368 g/mol. The first-order valence-electron chi connectivity index (χ1n) is 11.4. The lowest BCUT2D eigenvalue weighted by molar-refractivity contribution is 0.554. The molecule has 0 N–H and O–H groups in total. The van der Waals surface area contributed by atoms with Crippen molar-refractivity contribution < 1.29 is 0 Å². The number of nitrogens with zero attached hydrogens (tertiary/aromatic N) is 4. The average molecular weight is 405 g/mol. The minimum Gasteiger partial charge on any atom is -0.372 e. The molecule has 4 heteroatoms. The summed E-state index contributed by atoms with van der Waals surface area (Å²) in [7, 11) is 0. The Labute approximate surface area is 183 Å². The van der Waals surface area contributed by atoms with Crippen LogP contribution < -0.4 is 4.90 Å². The van der Waals surface area contributed by atoms with Crippen molar-refractivity contribution in [2.75, 3.05) is 18.0 Å². The Hall–Kier alpha value is -2.77. The van der Waals surface area contributed by atoms with Gasteiger partial charge in [-0.15, -0.1) is 0 Å². The molecule has 0 aliphatic heterocycles. The lowest BCUT2D eigenvalue weighted by Gasteiger charge is -2.24. The second-order valence-corrected chi connectivity index (χ2v) is 7.82. The number of allylic oxidation sites excluding steroid dienone is 2. The fourth-order valence-electron chi connectivity index (χ4n) is 3.76. The number of aryl methyl sites for hydroxylation is 1. The van der Waals surface area contributed by atoms with Gasteiger partial charge in [0.2, 0.25) is 0 Å². The number of hydrogen-bond acceptors (Lipinski definition) is 3. The van der Waals surface area contributed by atoms with Crippen LogP contribution in [0.2, 0.25) is 0 Å². The molecule has 0 aliphatic rings. The van der Waals surface area contributed by atoms with E-state index in [2.05, 4.69) is 29.7 Å². The number of benzene rings is 1. The van der Waals surface area contributed by atoms with E-state index in [-0.39, 0.29) is 11.3 Å². The van der Waals surface area contributed by atoms with Crippen molar-refractivity contribution in [1.29, 1.82) is 10.5 Å². The molecule has 1 aromatic carbocycles. The highest BCUT2D eigenvalue weighted by Crippen LogP contribution is 2.27. The quantitative estimate of drug-likeness (QED) is 0.184. The molecule has 1 rings (SSSR count). The highest BCUT2D eigenvalue weighted by atomic mass is 15.1. The topological polar surface area (TPSA) is 55.2 Å². The van der Waals surface area contributed by atoms with Gasteiger partial charge in [-0.05, 0) is 43.5 Å². The van der Waals surface area contributed by atoms with Gasteiger partial charge in [0.05, 0.1) is 24.3 Å². The third-order valence-electron chi connectivity index (χ3n) is 5.57. The summed E-state index contributed by atoms with van der Waals surface area (Å²) in [5, 5.41) is 18.5. The summed E-state index contributed by atoms with van der Waals surface area (Å²) >= 11 is 0. The van der Waals surface area contributed by atoms with Crippen molar-refractivity contribution in [2.24, 2.45) is 0 Å². The molecule has 0 saturated heterocycles. The summed E-state index contributed by atoms with van der Waals surface area (Å²) in [6.07, 6.45) is 13.3. The first-order chi connectivity index (χ1) is 14.6. The first-order valence-corrected chi connectivity index (χ1v) is 11.4. The number of nitriles is 2. The number of hydrogen-bond donors (Lipinski definition) is 0. The van der Waals surface area contributed by atoms with Crippen molar-refractivity contribution in [3.63, 3.8) is 0 Å². The maximum Gasteiger partial charge on any atom is 0.279 e. The lowest BCUT2D eigenvalue weighted by atomic mass is 9.99. The fourth-order valence-corrected chi connectivity index (χ4v) is 3.76. The fraction of sp³-hybridized carbons (Fsp3) is 0.577. The third-order valence-corrected chi connectivity index (χ3v) is 5.57. The van der Waals surface area contributed by atoms with Gasteiger partial charge in [-0.25, -0.2) is 10.1 Å². The van der Waals surface area contributed by atoms with E-state index in [4.69, 9.17) is 11.8 Å². The summed E-state index contributed by atoms with van der Waals surface area (Å²) in [4.78, 5) is 5.55. The van der Waals surface area contributed by atoms with Gasteiger partial charge in [-0.2, -0.15) is 5.26 Å². The summed E-state index contributed by atoms with van der Waals surface area (Å²) in [6.45, 7) is 15.4. The van der Waals surface area contributed by atoms with Crippen LogP contribution in [0.5, 0.6) is 0 Å². The minimum absolute atomic E-state index is 0.147. The van der Waals surface area contributed by atoms with E-state index in [0.717, 1.165) is 24.3 Å². The summed E-state index contributed by atoms with van der Waals surface area (Å²) in [5.74, 6) is 0. The van der Waals surface area contributed by atoms with E-state index >= 15 is 0 Å². The van der Waals surface area contributed by atoms with Gasteiger partial charge in [0.15, 0.2) is 0 Å². The average Bonchev–Trinajstić information content (AvgIpc) is 2.76. The van der Waals surface area contributed by atoms with E-state index < -0.39 is 0 Å². The van der Waals surface area contributed by atoms with Crippen LogP contribution in [0.3, 0.4) is 0 Å². The normalized spacial score (nSPS) is 11.2. The van der Waals surface area contributed by atoms with Crippen molar-refractivity contribution in [3.8, 4) is 12.1 Å². The molecule has 30 heavy (non-hydrogen) atoms. The molecule has 160 valence electrons. The van der Waals surface area contributed by atoms with E-state index in [1.54, 1.807) is 0 Å². The Morgan fingerprint density at radius 3 is 2.00 bits per heavy atom. The highest BCUT2D eigenvalue weighted by Gasteiger charge is 2.13. The lowest BCUT2D eigenvalue weighted by Crippen LogP contribution is -2.24. The summed E-state index contributed by atoms with van der Waals surface area (Å²) in [6, 6.07) is 9.78. The number of anilines is 1. The Bertz CT molecular complexity index is 786. The molecule has 0 fully saturated rings. The molecule has 0 atom stereocenters. The molecule has 1 aromatic rings. The van der Waals surface area contributed by atoms with Crippen LogP contribution in [0.15, 0.2) is 23.9 Å². The molecule has 0 aromatic heterocycles. The zero-order valence-electron chi connectivity index (χ0n) is 19.0. The van der Waals surface area contributed by atoms with Crippen molar-refractivity contribution in [1.82, 2.24) is 0 Å². The monoisotopic (exact) mass is 404 g/mol. The molecule has 0 amide bonds. The summed E-state index contributed by atoms with van der Waals surface area (Å²) in [5.41, 5.74) is 2.74. The third kappa shape index (κ3) is 8.31. The SMILES string of the molecule is [C-]#[N+]C(C#N)=C(C#N)c1ccc(N(CC)CCCCCCCCCCCC)cc1C. The minimum atomic E-state index is -0.147. The predicted octanol–water partition coefficient (Wildman–Crippen LogP) is 7.42. The van der Waals surface area contributed by atoms with E-state index in [9.17, 15) is 5.26 Å². The molecule has 0 unspecified atom stereocenters. The van der Waals surface area contributed by atoms with Gasteiger partial charge in [0, 0.05) is 18.8 Å². The van der Waals surface area contributed by atoms with Gasteiger partial charge in [-0.3, -0.25) is 0 Å². The number of unbranched alkanes of at least 4 members (excludes halogenated alkanes) is 9. The zero-order valence-corrected chi connectivity index (χ0v) is 19.0. The molecule has 0 heterocycles. The predicted molar refractivity (Wildman–Crippen MR) is 126 cm³/mol. The van der Waals surface area contributed by atoms with Crippen molar-refractivity contribution >= 4 is 11.3 Å². The van der Waals surface area contributed by atoms with Crippen LogP contribution >= 0.6 is 0 Å². The van der Waals surface area contributed by atoms with Crippen LogP contribution in [0.1, 0.15) is 89.2 Å². The molecule has 0 radical (unpaired) electrons. The van der Waals surface area contributed by atoms with Gasteiger partial charge >= 0.3 is 0 Å². The Morgan fingerprint density at radius 2 is 1.53 bits per heavy atom. The second-order valence-electron chi connectivity index (χ2n) is 7.82. The standard InChI is InChI=1S/C26H36N4/c1-5-7-8-9-10-11-12-13-14-15-18-30(6-2)23-16-17-24(22(3)19-23)25(20-27)26(21-28)29-4/h16-17,19H,5-15,18H2,1-3H3. The van der Waals surface area contributed by atoms with Crippen molar-refractivity contribution in [3.05, 3.63) is 46.4 Å². The second kappa shape index (κ2) is 15.1. The van der Waals surface area contributed by atoms with Gasteiger partial charge in [-0.1, -0.05) is 70.8 Å². The van der Waals surface area contributed by atoms with Crippen LogP contribution in [0, 0.1) is 36.2 Å². The first kappa shape index (κ1) is 25.3. The Kier molecular flexibility index (Phi) is 12.7. The number of rotatable bonds is 14. The molecule has 0 saturated carbocycles. The van der Waals surface area contributed by atoms with Gasteiger partial charge in [0.1, 0.15) is 0 Å². The largest absolute Gasteiger partial charge is 0.372 e. The summed E-state index contributed by atoms with van der Waals surface area (Å²) < 4.78 is 0. The van der Waals surface area contributed by atoms with E-state index in [1.165, 1.54) is 64.2 Å². The Balaban J connectivity index is 2.56. The van der Waals surface area contributed by atoms with Crippen molar-refractivity contribution in [2.45, 2.75) is 85.0 Å². The molecule has 4 nitrogen and oxygen atoms in total. The molecule has 0 aliphatic carbocycles. The van der Waals surface area contributed by atoms with E-state index in [1.807, 2.05) is 31.2 Å². The maximum atomic E-state index is 9.41. The van der Waals surface area contributed by atoms with Crippen LogP contribution in [-0.4, -0.2) is 13.1 Å². The van der Waals surface area contributed by atoms with Gasteiger partial charge in [0.25, 0.3) is 5.70 Å².